The number of alkyl halides is 3. The number of carbonyl (C=O) groups is 1. The summed E-state index contributed by atoms with van der Waals surface area (Å²) in [5.41, 5.74) is -0.415. The fraction of sp³-hybridized carbons (Fsp3) is 0.632. The highest BCUT2D eigenvalue weighted by molar-refractivity contribution is 5.88. The highest BCUT2D eigenvalue weighted by Gasteiger charge is 2.40. The molecule has 1 saturated carbocycles. The lowest BCUT2D eigenvalue weighted by molar-refractivity contribution is -0.137. The van der Waals surface area contributed by atoms with Gasteiger partial charge in [0.2, 0.25) is 0 Å². The Morgan fingerprint density at radius 2 is 1.76 bits per heavy atom. The van der Waals surface area contributed by atoms with E-state index in [1.807, 2.05) is 11.8 Å². The van der Waals surface area contributed by atoms with Crippen LogP contribution in [0.25, 0.3) is 0 Å². The Kier molecular flexibility index (Phi) is 5.09. The molecule has 138 valence electrons. The van der Waals surface area contributed by atoms with Crippen LogP contribution in [-0.4, -0.2) is 42.4 Å². The van der Waals surface area contributed by atoms with E-state index in [1.54, 1.807) is 6.07 Å². The molecule has 2 fully saturated rings. The minimum atomic E-state index is -4.32. The lowest BCUT2D eigenvalue weighted by Crippen LogP contribution is -2.59. The zero-order valence-electron chi connectivity index (χ0n) is 14.6. The number of rotatable bonds is 2. The van der Waals surface area contributed by atoms with Crippen LogP contribution >= 0.6 is 0 Å². The van der Waals surface area contributed by atoms with Crippen LogP contribution in [0, 0.1) is 0 Å². The first-order valence-corrected chi connectivity index (χ1v) is 9.01. The smallest absolute Gasteiger partial charge is 0.369 e. The summed E-state index contributed by atoms with van der Waals surface area (Å²) < 4.78 is 38.7. The van der Waals surface area contributed by atoms with E-state index in [0.29, 0.717) is 44.1 Å². The van der Waals surface area contributed by atoms with E-state index in [4.69, 9.17) is 0 Å². The van der Waals surface area contributed by atoms with E-state index < -0.39 is 17.3 Å². The van der Waals surface area contributed by atoms with E-state index in [2.05, 4.69) is 4.90 Å². The third-order valence-electron chi connectivity index (χ3n) is 5.68. The summed E-state index contributed by atoms with van der Waals surface area (Å²) in [6.45, 7) is 4.74. The number of ketones is 1. The SMILES string of the molecule is CC1(N2CCN(c3cccc(C(F)(F)F)c3)CC2)CCCCCC1=O. The maximum Gasteiger partial charge on any atom is 0.416 e. The highest BCUT2D eigenvalue weighted by atomic mass is 19.4. The summed E-state index contributed by atoms with van der Waals surface area (Å²) in [6.07, 6.45) is 0.345. The van der Waals surface area contributed by atoms with Gasteiger partial charge in [0, 0.05) is 38.3 Å². The van der Waals surface area contributed by atoms with Crippen molar-refractivity contribution in [1.82, 2.24) is 4.90 Å². The fourth-order valence-corrected chi connectivity index (χ4v) is 4.01. The van der Waals surface area contributed by atoms with Crippen molar-refractivity contribution >= 4 is 11.5 Å². The largest absolute Gasteiger partial charge is 0.416 e. The van der Waals surface area contributed by atoms with E-state index >= 15 is 0 Å². The van der Waals surface area contributed by atoms with E-state index in [-0.39, 0.29) is 0 Å². The Hall–Kier alpha value is -1.56. The molecular weight excluding hydrogens is 329 g/mol. The zero-order valence-corrected chi connectivity index (χ0v) is 14.6. The summed E-state index contributed by atoms with van der Waals surface area (Å²) in [5, 5.41) is 0. The van der Waals surface area contributed by atoms with Gasteiger partial charge in [-0.1, -0.05) is 18.9 Å². The summed E-state index contributed by atoms with van der Waals surface area (Å²) >= 11 is 0. The molecule has 3 rings (SSSR count). The lowest BCUT2D eigenvalue weighted by Gasteiger charge is -2.45. The first kappa shape index (κ1) is 18.2. The van der Waals surface area contributed by atoms with Crippen LogP contribution in [0.4, 0.5) is 18.9 Å². The van der Waals surface area contributed by atoms with Crippen molar-refractivity contribution in [2.45, 2.75) is 50.7 Å². The summed E-state index contributed by atoms with van der Waals surface area (Å²) in [5.74, 6) is 0.317. The molecule has 2 aliphatic rings. The average molecular weight is 354 g/mol. The molecule has 6 heteroatoms. The topological polar surface area (TPSA) is 23.6 Å². The molecule has 1 heterocycles. The second-order valence-electron chi connectivity index (χ2n) is 7.28. The van der Waals surface area contributed by atoms with Crippen molar-refractivity contribution in [1.29, 1.82) is 0 Å². The molecule has 1 aromatic carbocycles. The second-order valence-corrected chi connectivity index (χ2v) is 7.28. The Bertz CT molecular complexity index is 623. The van der Waals surface area contributed by atoms with E-state index in [9.17, 15) is 18.0 Å². The molecule has 0 radical (unpaired) electrons. The van der Waals surface area contributed by atoms with Crippen molar-refractivity contribution < 1.29 is 18.0 Å². The van der Waals surface area contributed by atoms with Gasteiger partial charge in [0.05, 0.1) is 11.1 Å². The van der Waals surface area contributed by atoms with Gasteiger partial charge in [-0.2, -0.15) is 13.2 Å². The normalized spacial score (nSPS) is 26.6. The molecule has 25 heavy (non-hydrogen) atoms. The van der Waals surface area contributed by atoms with Gasteiger partial charge in [-0.3, -0.25) is 9.69 Å². The molecule has 0 spiro atoms. The van der Waals surface area contributed by atoms with Crippen LogP contribution in [0.5, 0.6) is 0 Å². The quantitative estimate of drug-likeness (QED) is 0.747. The van der Waals surface area contributed by atoms with Crippen molar-refractivity contribution in [3.05, 3.63) is 29.8 Å². The maximum absolute atomic E-state index is 12.9. The minimum Gasteiger partial charge on any atom is -0.369 e. The van der Waals surface area contributed by atoms with Gasteiger partial charge in [0.1, 0.15) is 0 Å². The Morgan fingerprint density at radius 3 is 2.44 bits per heavy atom. The first-order chi connectivity index (χ1) is 11.8. The molecule has 1 unspecified atom stereocenters. The summed E-state index contributed by atoms with van der Waals surface area (Å²) in [7, 11) is 0. The third kappa shape index (κ3) is 3.84. The molecule has 1 saturated heterocycles. The van der Waals surface area contributed by atoms with E-state index in [0.717, 1.165) is 31.7 Å². The first-order valence-electron chi connectivity index (χ1n) is 9.01. The Labute approximate surface area is 146 Å². The molecule has 0 N–H and O–H groups in total. The van der Waals surface area contributed by atoms with E-state index in [1.165, 1.54) is 12.1 Å². The number of benzene rings is 1. The molecule has 3 nitrogen and oxygen atoms in total. The highest BCUT2D eigenvalue weighted by Crippen LogP contribution is 2.33. The molecule has 0 aromatic heterocycles. The summed E-state index contributed by atoms with van der Waals surface area (Å²) in [4.78, 5) is 16.8. The number of halogens is 3. The van der Waals surface area contributed by atoms with Crippen LogP contribution in [-0.2, 0) is 11.0 Å². The number of anilines is 1. The maximum atomic E-state index is 12.9. The van der Waals surface area contributed by atoms with Crippen LogP contribution in [0.3, 0.4) is 0 Å². The number of hydrogen-bond donors (Lipinski definition) is 0. The molecule has 0 amide bonds. The lowest BCUT2D eigenvalue weighted by atomic mass is 9.88. The molecule has 1 aromatic rings. The molecular formula is C19H25F3N2O. The van der Waals surface area contributed by atoms with Crippen LogP contribution in [0.15, 0.2) is 24.3 Å². The third-order valence-corrected chi connectivity index (χ3v) is 5.68. The Morgan fingerprint density at radius 1 is 1.04 bits per heavy atom. The summed E-state index contributed by atoms with van der Waals surface area (Å²) in [6, 6.07) is 5.50. The number of carbonyl (C=O) groups excluding carboxylic acids is 1. The number of Topliss-reactive ketones (excluding diaryl/α,β-unsaturated/α-hetero) is 1. The van der Waals surface area contributed by atoms with Gasteiger partial charge >= 0.3 is 6.18 Å². The van der Waals surface area contributed by atoms with Gasteiger partial charge < -0.3 is 4.90 Å². The van der Waals surface area contributed by atoms with Crippen LogP contribution < -0.4 is 4.90 Å². The molecule has 1 atom stereocenters. The van der Waals surface area contributed by atoms with Gasteiger partial charge in [-0.05, 0) is 38.0 Å². The number of hydrogen-bond acceptors (Lipinski definition) is 3. The van der Waals surface area contributed by atoms with Crippen molar-refractivity contribution in [3.8, 4) is 0 Å². The average Bonchev–Trinajstić information content (AvgIpc) is 2.77. The van der Waals surface area contributed by atoms with Crippen LogP contribution in [0.1, 0.15) is 44.6 Å². The number of piperazine rings is 1. The Balaban J connectivity index is 1.69. The molecule has 0 bridgehead atoms. The van der Waals surface area contributed by atoms with Gasteiger partial charge in [-0.25, -0.2) is 0 Å². The molecule has 1 aliphatic heterocycles. The van der Waals surface area contributed by atoms with Gasteiger partial charge in [-0.15, -0.1) is 0 Å². The monoisotopic (exact) mass is 354 g/mol. The minimum absolute atomic E-state index is 0.317. The van der Waals surface area contributed by atoms with Gasteiger partial charge in [0.25, 0.3) is 0 Å². The van der Waals surface area contributed by atoms with Crippen molar-refractivity contribution in [3.63, 3.8) is 0 Å². The molecule has 1 aliphatic carbocycles. The van der Waals surface area contributed by atoms with Crippen molar-refractivity contribution in [2.24, 2.45) is 0 Å². The predicted octanol–water partition coefficient (Wildman–Crippen LogP) is 4.12. The predicted molar refractivity (Wildman–Crippen MR) is 91.7 cm³/mol. The van der Waals surface area contributed by atoms with Gasteiger partial charge in [0.15, 0.2) is 5.78 Å². The standard InChI is InChI=1S/C19H25F3N2O/c1-18(9-4-2-3-8-17(18)25)24-12-10-23(11-13-24)16-7-5-6-15(14-16)19(20,21)22/h5-7,14H,2-4,8-13H2,1H3. The second kappa shape index (κ2) is 6.98. The van der Waals surface area contributed by atoms with Crippen molar-refractivity contribution in [2.75, 3.05) is 31.1 Å². The van der Waals surface area contributed by atoms with Crippen LogP contribution in [0.2, 0.25) is 0 Å². The zero-order chi connectivity index (χ0) is 18.1. The fourth-order valence-electron chi connectivity index (χ4n) is 4.01. The number of nitrogens with zero attached hydrogens (tertiary/aromatic N) is 2.